The van der Waals surface area contributed by atoms with Gasteiger partial charge in [0.2, 0.25) is 0 Å². The van der Waals surface area contributed by atoms with Crippen molar-refractivity contribution in [2.45, 2.75) is 0 Å². The number of hydrogen-bond donors (Lipinski definition) is 2. The molecule has 21 heavy (non-hydrogen) atoms. The number of carbonyl (C=O) groups excluding carboxylic acids is 1. The van der Waals surface area contributed by atoms with Crippen LogP contribution in [0.3, 0.4) is 0 Å². The Hall–Kier alpha value is -2.54. The molecule has 0 atom stereocenters. The summed E-state index contributed by atoms with van der Waals surface area (Å²) < 4.78 is 26.3. The van der Waals surface area contributed by atoms with E-state index in [1.54, 1.807) is 0 Å². The molecule has 0 saturated heterocycles. The molecule has 1 amide bonds. The molecule has 2 aromatic rings. The van der Waals surface area contributed by atoms with E-state index in [2.05, 4.69) is 10.3 Å². The van der Waals surface area contributed by atoms with Gasteiger partial charge in [0.1, 0.15) is 0 Å². The molecule has 0 radical (unpaired) electrons. The summed E-state index contributed by atoms with van der Waals surface area (Å²) in [4.78, 5) is 26.7. The highest BCUT2D eigenvalue weighted by molar-refractivity contribution is 6.32. The maximum absolute atomic E-state index is 13.2. The fraction of sp³-hybridized carbons (Fsp3) is 0. The van der Waals surface area contributed by atoms with E-state index in [4.69, 9.17) is 16.7 Å². The minimum absolute atomic E-state index is 0.0229. The van der Waals surface area contributed by atoms with Gasteiger partial charge in [-0.1, -0.05) is 11.6 Å². The number of amides is 1. The molecule has 0 bridgehead atoms. The first-order chi connectivity index (χ1) is 9.90. The highest BCUT2D eigenvalue weighted by Crippen LogP contribution is 2.21. The van der Waals surface area contributed by atoms with E-state index in [1.807, 2.05) is 0 Å². The van der Waals surface area contributed by atoms with E-state index in [0.717, 1.165) is 0 Å². The number of halogens is 3. The highest BCUT2D eigenvalue weighted by atomic mass is 35.5. The molecule has 108 valence electrons. The summed E-state index contributed by atoms with van der Waals surface area (Å²) in [6.45, 7) is 0. The molecular formula is C13H7ClF2N2O3. The van der Waals surface area contributed by atoms with Crippen molar-refractivity contribution >= 4 is 29.2 Å². The number of carboxylic acids is 1. The molecule has 0 aliphatic heterocycles. The molecule has 0 saturated carbocycles. The van der Waals surface area contributed by atoms with Gasteiger partial charge < -0.3 is 10.4 Å². The third kappa shape index (κ3) is 3.14. The molecule has 0 spiro atoms. The van der Waals surface area contributed by atoms with Crippen LogP contribution in [0.2, 0.25) is 5.15 Å². The smallest absolute Gasteiger partial charge is 0.336 e. The van der Waals surface area contributed by atoms with Crippen molar-refractivity contribution < 1.29 is 23.5 Å². The third-order valence-corrected chi connectivity index (χ3v) is 2.84. The molecule has 5 nitrogen and oxygen atoms in total. The first kappa shape index (κ1) is 14.9. The van der Waals surface area contributed by atoms with E-state index in [-0.39, 0.29) is 10.8 Å². The molecule has 1 aromatic carbocycles. The number of pyridine rings is 1. The van der Waals surface area contributed by atoms with E-state index in [1.165, 1.54) is 18.3 Å². The molecule has 0 aliphatic rings. The Morgan fingerprint density at radius 2 is 1.81 bits per heavy atom. The van der Waals surface area contributed by atoms with Gasteiger partial charge in [0, 0.05) is 6.20 Å². The minimum Gasteiger partial charge on any atom is -0.478 e. The lowest BCUT2D eigenvalue weighted by atomic mass is 10.1. The van der Waals surface area contributed by atoms with Gasteiger partial charge in [-0.05, 0) is 24.3 Å². The standard InChI is InChI=1S/C13H7ClF2N2O3/c14-11-10(2-1-3-17-11)18-12(19)6-4-8(15)9(16)5-7(6)13(20)21/h1-5H,(H,18,19)(H,20,21). The van der Waals surface area contributed by atoms with Crippen molar-refractivity contribution in [2.24, 2.45) is 0 Å². The van der Waals surface area contributed by atoms with Crippen LogP contribution in [0, 0.1) is 11.6 Å². The van der Waals surface area contributed by atoms with Crippen LogP contribution in [0.4, 0.5) is 14.5 Å². The van der Waals surface area contributed by atoms with Gasteiger partial charge in [-0.25, -0.2) is 18.6 Å². The van der Waals surface area contributed by atoms with Gasteiger partial charge in [0.15, 0.2) is 16.8 Å². The normalized spacial score (nSPS) is 10.2. The maximum atomic E-state index is 13.2. The van der Waals surface area contributed by atoms with Crippen molar-refractivity contribution in [3.8, 4) is 0 Å². The zero-order valence-electron chi connectivity index (χ0n) is 10.2. The Morgan fingerprint density at radius 3 is 2.38 bits per heavy atom. The van der Waals surface area contributed by atoms with Gasteiger partial charge in [-0.3, -0.25) is 4.79 Å². The van der Waals surface area contributed by atoms with Crippen molar-refractivity contribution in [3.05, 3.63) is 58.4 Å². The summed E-state index contributed by atoms with van der Waals surface area (Å²) in [6, 6.07) is 3.87. The van der Waals surface area contributed by atoms with Crippen LogP contribution in [0.5, 0.6) is 0 Å². The van der Waals surface area contributed by atoms with Crippen LogP contribution in [0.1, 0.15) is 20.7 Å². The largest absolute Gasteiger partial charge is 0.478 e. The number of benzene rings is 1. The fourth-order valence-corrected chi connectivity index (χ4v) is 1.75. The zero-order chi connectivity index (χ0) is 15.6. The number of nitrogens with one attached hydrogen (secondary N) is 1. The number of carboxylic acid groups (broad SMARTS) is 1. The topological polar surface area (TPSA) is 79.3 Å². The molecule has 8 heteroatoms. The Kier molecular flexibility index (Phi) is 4.13. The molecule has 1 aromatic heterocycles. The number of aromatic carboxylic acids is 1. The average Bonchev–Trinajstić information content (AvgIpc) is 2.43. The monoisotopic (exact) mass is 312 g/mol. The van der Waals surface area contributed by atoms with E-state index in [9.17, 15) is 18.4 Å². The van der Waals surface area contributed by atoms with Crippen LogP contribution in [0.15, 0.2) is 30.5 Å². The first-order valence-electron chi connectivity index (χ1n) is 5.54. The Balaban J connectivity index is 2.42. The van der Waals surface area contributed by atoms with E-state index < -0.39 is 34.6 Å². The molecule has 0 fully saturated rings. The summed E-state index contributed by atoms with van der Waals surface area (Å²) in [5, 5.41) is 11.2. The second-order valence-corrected chi connectivity index (χ2v) is 4.27. The summed E-state index contributed by atoms with van der Waals surface area (Å²) in [6.07, 6.45) is 1.39. The highest BCUT2D eigenvalue weighted by Gasteiger charge is 2.21. The van der Waals surface area contributed by atoms with Gasteiger partial charge in [-0.15, -0.1) is 0 Å². The number of rotatable bonds is 3. The quantitative estimate of drug-likeness (QED) is 0.854. The van der Waals surface area contributed by atoms with E-state index >= 15 is 0 Å². The summed E-state index contributed by atoms with van der Waals surface area (Å²) in [5.74, 6) is -5.19. The SMILES string of the molecule is O=C(O)c1cc(F)c(F)cc1C(=O)Nc1cccnc1Cl. The summed E-state index contributed by atoms with van der Waals surface area (Å²) in [5.41, 5.74) is -1.07. The van der Waals surface area contributed by atoms with Gasteiger partial charge >= 0.3 is 5.97 Å². The van der Waals surface area contributed by atoms with E-state index in [0.29, 0.717) is 12.1 Å². The molecule has 0 aliphatic carbocycles. The minimum atomic E-state index is -1.56. The van der Waals surface area contributed by atoms with Crippen molar-refractivity contribution in [2.75, 3.05) is 5.32 Å². The van der Waals surface area contributed by atoms with Crippen molar-refractivity contribution in [3.63, 3.8) is 0 Å². The maximum Gasteiger partial charge on any atom is 0.336 e. The second-order valence-electron chi connectivity index (χ2n) is 3.91. The van der Waals surface area contributed by atoms with Gasteiger partial charge in [0.05, 0.1) is 16.8 Å². The van der Waals surface area contributed by atoms with Crippen LogP contribution in [-0.4, -0.2) is 22.0 Å². The Bertz CT molecular complexity index is 737. The van der Waals surface area contributed by atoms with Crippen LogP contribution < -0.4 is 5.32 Å². The van der Waals surface area contributed by atoms with Crippen molar-refractivity contribution in [1.82, 2.24) is 4.98 Å². The molecule has 1 heterocycles. The van der Waals surface area contributed by atoms with Crippen LogP contribution in [0.25, 0.3) is 0 Å². The number of carbonyl (C=O) groups is 2. The molecule has 0 unspecified atom stereocenters. The third-order valence-electron chi connectivity index (χ3n) is 2.54. The predicted octanol–water partition coefficient (Wildman–Crippen LogP) is 2.96. The van der Waals surface area contributed by atoms with Gasteiger partial charge in [0.25, 0.3) is 5.91 Å². The lowest BCUT2D eigenvalue weighted by molar-refractivity contribution is 0.0691. The predicted molar refractivity (Wildman–Crippen MR) is 70.5 cm³/mol. The number of aromatic nitrogens is 1. The second kappa shape index (κ2) is 5.84. The Labute approximate surface area is 122 Å². The number of nitrogens with zero attached hydrogens (tertiary/aromatic N) is 1. The number of hydrogen-bond acceptors (Lipinski definition) is 3. The van der Waals surface area contributed by atoms with Crippen LogP contribution >= 0.6 is 11.6 Å². The molecular weight excluding hydrogens is 306 g/mol. The Morgan fingerprint density at radius 1 is 1.19 bits per heavy atom. The van der Waals surface area contributed by atoms with Crippen molar-refractivity contribution in [1.29, 1.82) is 0 Å². The first-order valence-corrected chi connectivity index (χ1v) is 5.92. The number of anilines is 1. The average molecular weight is 313 g/mol. The summed E-state index contributed by atoms with van der Waals surface area (Å²) >= 11 is 5.74. The summed E-state index contributed by atoms with van der Waals surface area (Å²) in [7, 11) is 0. The molecule has 2 N–H and O–H groups in total. The van der Waals surface area contributed by atoms with Gasteiger partial charge in [-0.2, -0.15) is 0 Å². The lowest BCUT2D eigenvalue weighted by Gasteiger charge is -2.09. The fourth-order valence-electron chi connectivity index (χ4n) is 1.58. The zero-order valence-corrected chi connectivity index (χ0v) is 11.0. The molecule has 2 rings (SSSR count). The van der Waals surface area contributed by atoms with Crippen LogP contribution in [-0.2, 0) is 0 Å². The lowest BCUT2D eigenvalue weighted by Crippen LogP contribution is -2.17.